The zero-order chi connectivity index (χ0) is 17.9. The number of nitrogens with zero attached hydrogens (tertiary/aromatic N) is 1. The average Bonchev–Trinajstić information content (AvgIpc) is 2.62. The summed E-state index contributed by atoms with van der Waals surface area (Å²) in [6.45, 7) is 3.04. The predicted octanol–water partition coefficient (Wildman–Crippen LogP) is 4.56. The first-order valence-corrected chi connectivity index (χ1v) is 8.57. The minimum absolute atomic E-state index is 0. The van der Waals surface area contributed by atoms with Crippen molar-refractivity contribution in [2.75, 3.05) is 33.3 Å². The van der Waals surface area contributed by atoms with E-state index in [-0.39, 0.29) is 24.9 Å². The summed E-state index contributed by atoms with van der Waals surface area (Å²) in [5.74, 6) is 0.657. The largest absolute Gasteiger partial charge is 0.496 e. The molecular formula is C19H24ClF3N2O. The van der Waals surface area contributed by atoms with Crippen molar-refractivity contribution in [1.82, 2.24) is 10.2 Å². The summed E-state index contributed by atoms with van der Waals surface area (Å²) in [6.07, 6.45) is -4.92. The van der Waals surface area contributed by atoms with Crippen molar-refractivity contribution in [1.29, 1.82) is 0 Å². The van der Waals surface area contributed by atoms with Gasteiger partial charge in [0.05, 0.1) is 7.11 Å². The lowest BCUT2D eigenvalue weighted by atomic mass is 9.93. The fourth-order valence-electron chi connectivity index (χ4n) is 3.60. The van der Waals surface area contributed by atoms with E-state index in [1.807, 2.05) is 36.4 Å². The number of methoxy groups -OCH3 is 1. The SMILES string of the molecule is COc1ccc2ccccc2c1[C@H](CCC(F)(F)F)N1CCNCC1.Cl. The normalized spacial score (nSPS) is 16.9. The Kier molecular flexibility index (Phi) is 7.15. The highest BCUT2D eigenvalue weighted by molar-refractivity contribution is 5.88. The molecular weight excluding hydrogens is 365 g/mol. The number of nitrogens with one attached hydrogen (secondary N) is 1. The third-order valence-corrected chi connectivity index (χ3v) is 4.78. The summed E-state index contributed by atoms with van der Waals surface area (Å²) in [6, 6.07) is 11.3. The number of alkyl halides is 3. The molecule has 1 saturated heterocycles. The summed E-state index contributed by atoms with van der Waals surface area (Å²) in [7, 11) is 1.58. The monoisotopic (exact) mass is 388 g/mol. The van der Waals surface area contributed by atoms with Crippen molar-refractivity contribution in [3.63, 3.8) is 0 Å². The number of piperazine rings is 1. The van der Waals surface area contributed by atoms with Crippen LogP contribution in [0.25, 0.3) is 10.8 Å². The molecule has 0 aromatic heterocycles. The van der Waals surface area contributed by atoms with Crippen LogP contribution in [-0.4, -0.2) is 44.4 Å². The summed E-state index contributed by atoms with van der Waals surface area (Å²) in [5, 5.41) is 5.25. The Morgan fingerprint density at radius 2 is 1.81 bits per heavy atom. The van der Waals surface area contributed by atoms with Crippen molar-refractivity contribution < 1.29 is 17.9 Å². The highest BCUT2D eigenvalue weighted by Gasteiger charge is 2.33. The molecule has 0 spiro atoms. The van der Waals surface area contributed by atoms with Crippen molar-refractivity contribution in [2.24, 2.45) is 0 Å². The van der Waals surface area contributed by atoms with Crippen molar-refractivity contribution >= 4 is 23.2 Å². The van der Waals surface area contributed by atoms with Crippen LogP contribution in [0.2, 0.25) is 0 Å². The van der Waals surface area contributed by atoms with E-state index in [4.69, 9.17) is 4.74 Å². The van der Waals surface area contributed by atoms with E-state index in [1.54, 1.807) is 7.11 Å². The van der Waals surface area contributed by atoms with Gasteiger partial charge in [0.1, 0.15) is 5.75 Å². The summed E-state index contributed by atoms with van der Waals surface area (Å²) in [4.78, 5) is 2.15. The number of rotatable bonds is 5. The van der Waals surface area contributed by atoms with Gasteiger partial charge in [0.15, 0.2) is 0 Å². The molecule has 3 rings (SSSR count). The van der Waals surface area contributed by atoms with E-state index >= 15 is 0 Å². The lowest BCUT2D eigenvalue weighted by Gasteiger charge is -2.36. The van der Waals surface area contributed by atoms with E-state index in [1.165, 1.54) is 0 Å². The zero-order valence-corrected chi connectivity index (χ0v) is 15.5. The molecule has 0 amide bonds. The smallest absolute Gasteiger partial charge is 0.389 e. The Balaban J connectivity index is 0.00000243. The highest BCUT2D eigenvalue weighted by Crippen LogP contribution is 2.40. The topological polar surface area (TPSA) is 24.5 Å². The average molecular weight is 389 g/mol. The Morgan fingerprint density at radius 1 is 1.12 bits per heavy atom. The maximum atomic E-state index is 12.9. The van der Waals surface area contributed by atoms with Gasteiger partial charge in [-0.05, 0) is 23.3 Å². The van der Waals surface area contributed by atoms with Gasteiger partial charge in [0.25, 0.3) is 0 Å². The van der Waals surface area contributed by atoms with Crippen LogP contribution in [0.4, 0.5) is 13.2 Å². The van der Waals surface area contributed by atoms with E-state index in [9.17, 15) is 13.2 Å². The molecule has 1 aliphatic rings. The number of hydrogen-bond acceptors (Lipinski definition) is 3. The van der Waals surface area contributed by atoms with E-state index < -0.39 is 12.6 Å². The summed E-state index contributed by atoms with van der Waals surface area (Å²) in [5.41, 5.74) is 0.867. The molecule has 0 unspecified atom stereocenters. The predicted molar refractivity (Wildman–Crippen MR) is 100 cm³/mol. The molecule has 0 saturated carbocycles. The fraction of sp³-hybridized carbons (Fsp3) is 0.474. The fourth-order valence-corrected chi connectivity index (χ4v) is 3.60. The second-order valence-corrected chi connectivity index (χ2v) is 6.36. The third kappa shape index (κ3) is 4.81. The molecule has 2 aromatic rings. The van der Waals surface area contributed by atoms with Gasteiger partial charge in [-0.2, -0.15) is 13.2 Å². The van der Waals surface area contributed by atoms with Crippen molar-refractivity contribution in [3.8, 4) is 5.75 Å². The van der Waals surface area contributed by atoms with Crippen LogP contribution in [0.1, 0.15) is 24.4 Å². The molecule has 0 aliphatic carbocycles. The Labute approximate surface area is 157 Å². The minimum Gasteiger partial charge on any atom is -0.496 e. The Morgan fingerprint density at radius 3 is 2.46 bits per heavy atom. The molecule has 1 fully saturated rings. The van der Waals surface area contributed by atoms with Gasteiger partial charge in [-0.25, -0.2) is 0 Å². The van der Waals surface area contributed by atoms with Crippen molar-refractivity contribution in [3.05, 3.63) is 42.0 Å². The van der Waals surface area contributed by atoms with Crippen LogP contribution >= 0.6 is 12.4 Å². The van der Waals surface area contributed by atoms with Crippen LogP contribution in [0.5, 0.6) is 5.75 Å². The minimum atomic E-state index is -4.16. The van der Waals surface area contributed by atoms with Gasteiger partial charge in [-0.1, -0.05) is 30.3 Å². The van der Waals surface area contributed by atoms with Gasteiger partial charge >= 0.3 is 6.18 Å². The molecule has 144 valence electrons. The second kappa shape index (κ2) is 8.93. The van der Waals surface area contributed by atoms with Crippen LogP contribution in [-0.2, 0) is 0 Å². The number of halogens is 4. The van der Waals surface area contributed by atoms with Crippen LogP contribution < -0.4 is 10.1 Å². The third-order valence-electron chi connectivity index (χ3n) is 4.78. The molecule has 2 aromatic carbocycles. The van der Waals surface area contributed by atoms with Gasteiger partial charge in [0, 0.05) is 44.2 Å². The van der Waals surface area contributed by atoms with Gasteiger partial charge in [-0.15, -0.1) is 12.4 Å². The number of ether oxygens (including phenoxy) is 1. The number of benzene rings is 2. The molecule has 26 heavy (non-hydrogen) atoms. The molecule has 0 bridgehead atoms. The van der Waals surface area contributed by atoms with Crippen molar-refractivity contribution in [2.45, 2.75) is 25.1 Å². The van der Waals surface area contributed by atoms with Gasteiger partial charge in [-0.3, -0.25) is 4.90 Å². The molecule has 7 heteroatoms. The Bertz CT molecular complexity index is 717. The lowest BCUT2D eigenvalue weighted by molar-refractivity contribution is -0.138. The van der Waals surface area contributed by atoms with Gasteiger partial charge < -0.3 is 10.1 Å². The molecule has 1 aliphatic heterocycles. The summed E-state index contributed by atoms with van der Waals surface area (Å²) < 4.78 is 44.3. The summed E-state index contributed by atoms with van der Waals surface area (Å²) >= 11 is 0. The first-order chi connectivity index (χ1) is 12.0. The molecule has 1 atom stereocenters. The quantitative estimate of drug-likeness (QED) is 0.812. The van der Waals surface area contributed by atoms with Gasteiger partial charge in [0.2, 0.25) is 0 Å². The first-order valence-electron chi connectivity index (χ1n) is 8.57. The maximum absolute atomic E-state index is 12.9. The number of fused-ring (bicyclic) bond motifs is 1. The lowest BCUT2D eigenvalue weighted by Crippen LogP contribution is -2.45. The highest BCUT2D eigenvalue weighted by atomic mass is 35.5. The molecule has 3 nitrogen and oxygen atoms in total. The first kappa shape index (κ1) is 20.8. The van der Waals surface area contributed by atoms with E-state index in [2.05, 4.69) is 10.2 Å². The maximum Gasteiger partial charge on any atom is 0.389 e. The second-order valence-electron chi connectivity index (χ2n) is 6.36. The van der Waals surface area contributed by atoms with E-state index in [0.717, 1.165) is 42.5 Å². The zero-order valence-electron chi connectivity index (χ0n) is 14.7. The number of hydrogen-bond donors (Lipinski definition) is 1. The van der Waals surface area contributed by atoms with Crippen LogP contribution in [0, 0.1) is 0 Å². The standard InChI is InChI=1S/C19H23F3N2O.ClH/c1-25-17-7-6-14-4-2-3-5-15(14)18(17)16(8-9-19(20,21)22)24-12-10-23-11-13-24;/h2-7,16,23H,8-13H2,1H3;1H/t16-;/m0./s1. The van der Waals surface area contributed by atoms with E-state index in [0.29, 0.717) is 5.75 Å². The molecule has 0 radical (unpaired) electrons. The Hall–Kier alpha value is -1.50. The molecule has 1 N–H and O–H groups in total. The van der Waals surface area contributed by atoms with Crippen LogP contribution in [0.15, 0.2) is 36.4 Å². The molecule has 1 heterocycles. The van der Waals surface area contributed by atoms with Crippen LogP contribution in [0.3, 0.4) is 0 Å².